The monoisotopic (exact) mass is 850 g/mol. The number of ether oxygens (including phenoxy) is 2. The molecule has 5 aromatic carbocycles. The van der Waals surface area contributed by atoms with Gasteiger partial charge in [0, 0.05) is 33.9 Å². The fourth-order valence-corrected chi connectivity index (χ4v) is 5.55. The Morgan fingerprint density at radius 1 is 0.458 bits per heavy atom. The molecule has 8 nitrogen and oxygen atoms in total. The molecule has 0 aliphatic rings. The zero-order valence-electron chi connectivity index (χ0n) is 30.3. The number of hydrogen-bond acceptors (Lipinski definition) is 8. The van der Waals surface area contributed by atoms with Crippen LogP contribution < -0.4 is 25.6 Å². The van der Waals surface area contributed by atoms with E-state index in [-0.39, 0.29) is 21.8 Å². The minimum absolute atomic E-state index is 0.206. The first-order chi connectivity index (χ1) is 28.1. The Morgan fingerprint density at radius 2 is 0.814 bits per heavy atom. The Kier molecular flexibility index (Phi) is 15.2. The van der Waals surface area contributed by atoms with Crippen LogP contribution in [-0.2, 0) is 0 Å². The molecule has 0 bridgehead atoms. The normalized spacial score (nSPS) is 10.9. The number of aromatic nitrogens is 2. The van der Waals surface area contributed by atoms with Crippen LogP contribution in [0.4, 0.5) is 49.1 Å². The first-order valence-electron chi connectivity index (χ1n) is 17.2. The fourth-order valence-electron chi connectivity index (χ4n) is 5.09. The van der Waals surface area contributed by atoms with Gasteiger partial charge in [-0.05, 0) is 78.3 Å². The summed E-state index contributed by atoms with van der Waals surface area (Å²) < 4.78 is 80.8. The lowest BCUT2D eigenvalue weighted by Gasteiger charge is -2.13. The summed E-state index contributed by atoms with van der Waals surface area (Å²) in [7, 11) is -1.34. The number of halogens is 8. The molecule has 0 aliphatic carbocycles. The summed E-state index contributed by atoms with van der Waals surface area (Å²) in [5.41, 5.74) is 6.56. The van der Waals surface area contributed by atoms with Crippen LogP contribution in [0.5, 0.6) is 11.5 Å². The van der Waals surface area contributed by atoms with Gasteiger partial charge in [-0.25, -0.2) is 9.97 Å². The maximum Gasteiger partial charge on any atom is 0.573 e. The number of anilines is 4. The second-order valence-electron chi connectivity index (χ2n) is 12.0. The summed E-state index contributed by atoms with van der Waals surface area (Å²) in [4.78, 5) is 8.56. The third-order valence-corrected chi connectivity index (χ3v) is 7.97. The highest BCUT2D eigenvalue weighted by atomic mass is 35.5. The van der Waals surface area contributed by atoms with Gasteiger partial charge in [0.25, 0.3) is 0 Å². The van der Waals surface area contributed by atoms with Crippen LogP contribution in [0.15, 0.2) is 164 Å². The number of rotatable bonds is 9. The van der Waals surface area contributed by atoms with E-state index in [9.17, 15) is 26.3 Å². The van der Waals surface area contributed by atoms with E-state index in [1.807, 2.05) is 78.9 Å². The van der Waals surface area contributed by atoms with Crippen molar-refractivity contribution in [1.82, 2.24) is 9.97 Å². The molecule has 0 amide bonds. The Balaban J connectivity index is 0.000000195. The van der Waals surface area contributed by atoms with Crippen molar-refractivity contribution < 1.29 is 45.9 Å². The summed E-state index contributed by atoms with van der Waals surface area (Å²) in [6.07, 6.45) is -9.42. The van der Waals surface area contributed by atoms with E-state index >= 15 is 0 Å². The maximum atomic E-state index is 12.4. The van der Waals surface area contributed by atoms with Crippen LogP contribution in [0.3, 0.4) is 0 Å². The maximum absolute atomic E-state index is 12.4. The summed E-state index contributed by atoms with van der Waals surface area (Å²) >= 11 is 11.5. The van der Waals surface area contributed by atoms with E-state index in [1.54, 1.807) is 24.3 Å². The van der Waals surface area contributed by atoms with Crippen LogP contribution in [0, 0.1) is 0 Å². The number of hydrogen-bond donors (Lipinski definition) is 4. The van der Waals surface area contributed by atoms with Gasteiger partial charge in [0.1, 0.15) is 21.8 Å². The van der Waals surface area contributed by atoms with Gasteiger partial charge in [-0.15, -0.1) is 26.3 Å². The largest absolute Gasteiger partial charge is 0.573 e. The van der Waals surface area contributed by atoms with Gasteiger partial charge in [-0.1, -0.05) is 114 Å². The van der Waals surface area contributed by atoms with Crippen molar-refractivity contribution >= 4 is 58.5 Å². The molecule has 0 unspecified atom stereocenters. The van der Waals surface area contributed by atoms with Crippen molar-refractivity contribution in [2.75, 3.05) is 10.6 Å². The lowest BCUT2D eigenvalue weighted by atomic mass is 9.81. The molecule has 0 saturated carbocycles. The lowest BCUT2D eigenvalue weighted by molar-refractivity contribution is -0.275. The highest BCUT2D eigenvalue weighted by molar-refractivity contribution is 6.58. The van der Waals surface area contributed by atoms with Crippen molar-refractivity contribution in [2.45, 2.75) is 12.7 Å². The van der Waals surface area contributed by atoms with Crippen molar-refractivity contribution in [3.05, 3.63) is 174 Å². The van der Waals surface area contributed by atoms with E-state index in [0.717, 1.165) is 28.2 Å². The van der Waals surface area contributed by atoms with E-state index < -0.39 is 19.8 Å². The third-order valence-electron chi connectivity index (χ3n) is 7.58. The quantitative estimate of drug-likeness (QED) is 0.0646. The SMILES string of the molecule is FC(F)(F)Oc1ccc(Nc2cc(-c3ccccc3)nc(-c3ccccc3)c2)cc1.FC(F)(F)Oc1ccc(Nc2cc(Cl)nc(Cl)c2)cc1.OB(O)c1ccccc1. The summed E-state index contributed by atoms with van der Waals surface area (Å²) in [5, 5.41) is 23.7. The minimum atomic E-state index is -4.71. The Hall–Kier alpha value is -6.26. The van der Waals surface area contributed by atoms with Gasteiger partial charge in [-0.2, -0.15) is 0 Å². The third kappa shape index (κ3) is 15.2. The molecule has 4 N–H and O–H groups in total. The Labute approximate surface area is 344 Å². The Morgan fingerprint density at radius 3 is 1.15 bits per heavy atom. The van der Waals surface area contributed by atoms with Gasteiger partial charge >= 0.3 is 19.8 Å². The van der Waals surface area contributed by atoms with Gasteiger partial charge in [0.15, 0.2) is 0 Å². The van der Waals surface area contributed by atoms with E-state index in [0.29, 0.717) is 22.5 Å². The highest BCUT2D eigenvalue weighted by Gasteiger charge is 2.31. The molecule has 0 spiro atoms. The van der Waals surface area contributed by atoms with E-state index in [2.05, 4.69) is 25.1 Å². The predicted octanol–water partition coefficient (Wildman–Crippen LogP) is 11.5. The topological polar surface area (TPSA) is 109 Å². The smallest absolute Gasteiger partial charge is 0.423 e. The van der Waals surface area contributed by atoms with Crippen LogP contribution >= 0.6 is 23.2 Å². The van der Waals surface area contributed by atoms with Gasteiger partial charge in [0.05, 0.1) is 11.4 Å². The summed E-state index contributed by atoms with van der Waals surface area (Å²) in [6, 6.07) is 46.0. The van der Waals surface area contributed by atoms with Gasteiger partial charge in [0.2, 0.25) is 0 Å². The first-order valence-corrected chi connectivity index (χ1v) is 18.0. The molecule has 0 atom stereocenters. The molecule has 59 heavy (non-hydrogen) atoms. The van der Waals surface area contributed by atoms with Gasteiger partial charge in [-0.3, -0.25) is 0 Å². The van der Waals surface area contributed by atoms with Crippen molar-refractivity contribution in [3.8, 4) is 34.0 Å². The number of nitrogens with zero attached hydrogens (tertiary/aromatic N) is 2. The van der Waals surface area contributed by atoms with Gasteiger partial charge < -0.3 is 30.2 Å². The highest BCUT2D eigenvalue weighted by Crippen LogP contribution is 2.31. The van der Waals surface area contributed by atoms with Crippen molar-refractivity contribution in [1.29, 1.82) is 0 Å². The molecule has 0 radical (unpaired) electrons. The second-order valence-corrected chi connectivity index (χ2v) is 12.8. The predicted molar refractivity (Wildman–Crippen MR) is 218 cm³/mol. The molecule has 0 saturated heterocycles. The van der Waals surface area contributed by atoms with Crippen molar-refractivity contribution in [2.24, 2.45) is 0 Å². The molecule has 2 aromatic heterocycles. The molecule has 17 heteroatoms. The molecule has 0 fully saturated rings. The second kappa shape index (κ2) is 20.4. The lowest BCUT2D eigenvalue weighted by Crippen LogP contribution is -2.29. The Bertz CT molecular complexity index is 2290. The molecular weight excluding hydrogens is 820 g/mol. The first kappa shape index (κ1) is 43.9. The molecule has 7 aromatic rings. The van der Waals surface area contributed by atoms with E-state index in [4.69, 9.17) is 38.2 Å². The van der Waals surface area contributed by atoms with Crippen LogP contribution in [-0.4, -0.2) is 39.9 Å². The van der Waals surface area contributed by atoms with Crippen LogP contribution in [0.25, 0.3) is 22.5 Å². The molecular formula is C42H31BCl2F6N4O4. The van der Waals surface area contributed by atoms with E-state index in [1.165, 1.54) is 60.7 Å². The van der Waals surface area contributed by atoms with Crippen LogP contribution in [0.2, 0.25) is 10.3 Å². The number of pyridine rings is 2. The average Bonchev–Trinajstić information content (AvgIpc) is 3.19. The number of benzene rings is 5. The zero-order valence-corrected chi connectivity index (χ0v) is 31.8. The van der Waals surface area contributed by atoms with Crippen molar-refractivity contribution in [3.63, 3.8) is 0 Å². The fraction of sp³-hybridized carbons (Fsp3) is 0.0476. The average molecular weight is 851 g/mol. The molecule has 2 heterocycles. The minimum Gasteiger partial charge on any atom is -0.423 e. The number of nitrogens with one attached hydrogen (secondary N) is 2. The number of alkyl halides is 6. The standard InChI is InChI=1S/C24H17F3N2O.C12H7Cl2F3N2O.C6H7BO2/c25-24(26,27)30-21-13-11-19(12-14-21)28-20-15-22(17-7-3-1-4-8-17)29-23(16-20)18-9-5-2-6-10-18;13-10-5-8(6-11(14)19-10)18-7-1-3-9(4-2-7)20-12(15,16)17;8-7(9)6-4-2-1-3-5-6/h1-16H,(H,28,29);1-6H,(H,18,19);1-5,8-9H. The molecule has 0 aliphatic heterocycles. The molecule has 302 valence electrons. The zero-order chi connectivity index (χ0) is 42.4. The summed E-state index contributed by atoms with van der Waals surface area (Å²) in [6.45, 7) is 0. The van der Waals surface area contributed by atoms with Crippen LogP contribution in [0.1, 0.15) is 0 Å². The summed E-state index contributed by atoms with van der Waals surface area (Å²) in [5.74, 6) is -0.563. The molecule has 7 rings (SSSR count).